The molecule has 3 N–H and O–H groups in total. The van der Waals surface area contributed by atoms with Crippen molar-refractivity contribution < 1.29 is 9.47 Å². The largest absolute Gasteiger partial charge is 0.493 e. The number of benzene rings is 1. The van der Waals surface area contributed by atoms with Gasteiger partial charge >= 0.3 is 0 Å². The Morgan fingerprint density at radius 2 is 1.90 bits per heavy atom. The number of unbranched alkanes of at least 4 members (excludes halogenated alkanes) is 1. The molecule has 2 rings (SSSR count). The van der Waals surface area contributed by atoms with Gasteiger partial charge < -0.3 is 20.5 Å². The zero-order valence-corrected chi connectivity index (χ0v) is 12.0. The Hall–Kier alpha value is -2.01. The first kappa shape index (κ1) is 14.4. The van der Waals surface area contributed by atoms with Crippen LogP contribution >= 0.6 is 0 Å². The number of anilines is 1. The van der Waals surface area contributed by atoms with Crippen molar-refractivity contribution in [3.63, 3.8) is 0 Å². The minimum Gasteiger partial charge on any atom is -0.493 e. The Kier molecular flexibility index (Phi) is 5.01. The first-order valence-corrected chi connectivity index (χ1v) is 6.75. The monoisotopic (exact) mass is 275 g/mol. The van der Waals surface area contributed by atoms with Gasteiger partial charge in [0, 0.05) is 18.1 Å². The van der Waals surface area contributed by atoms with Crippen molar-refractivity contribution in [1.29, 1.82) is 0 Å². The molecule has 0 fully saturated rings. The van der Waals surface area contributed by atoms with Crippen molar-refractivity contribution >= 4 is 16.6 Å². The van der Waals surface area contributed by atoms with Crippen molar-refractivity contribution in [2.75, 3.05) is 32.6 Å². The number of hydrogen-bond donors (Lipinski definition) is 2. The fourth-order valence-corrected chi connectivity index (χ4v) is 2.12. The number of aromatic nitrogens is 1. The van der Waals surface area contributed by atoms with Crippen LogP contribution in [-0.2, 0) is 0 Å². The summed E-state index contributed by atoms with van der Waals surface area (Å²) >= 11 is 0. The Morgan fingerprint density at radius 3 is 2.60 bits per heavy atom. The lowest BCUT2D eigenvalue weighted by atomic mass is 10.1. The fraction of sp³-hybridized carbons (Fsp3) is 0.400. The van der Waals surface area contributed by atoms with E-state index in [2.05, 4.69) is 10.3 Å². The van der Waals surface area contributed by atoms with Crippen LogP contribution in [0.15, 0.2) is 24.4 Å². The molecule has 5 nitrogen and oxygen atoms in total. The van der Waals surface area contributed by atoms with E-state index in [-0.39, 0.29) is 0 Å². The predicted octanol–water partition coefficient (Wildman–Crippen LogP) is 2.40. The number of nitrogens with two attached hydrogens (primary N) is 1. The Labute approximate surface area is 119 Å². The van der Waals surface area contributed by atoms with Crippen LogP contribution in [0.3, 0.4) is 0 Å². The molecule has 0 saturated carbocycles. The van der Waals surface area contributed by atoms with Crippen molar-refractivity contribution in [1.82, 2.24) is 4.98 Å². The molecule has 0 atom stereocenters. The second-order valence-electron chi connectivity index (χ2n) is 4.51. The highest BCUT2D eigenvalue weighted by Crippen LogP contribution is 2.34. The number of pyridine rings is 1. The summed E-state index contributed by atoms with van der Waals surface area (Å²) in [5, 5.41) is 5.44. The Bertz CT molecular complexity index is 572. The Balaban J connectivity index is 2.30. The molecule has 0 radical (unpaired) electrons. The minimum absolute atomic E-state index is 0.706. The van der Waals surface area contributed by atoms with Crippen LogP contribution < -0.4 is 20.5 Å². The standard InChI is InChI=1S/C15H21N3O2/c1-19-13-9-11-5-8-18-15(17-7-4-3-6-16)12(11)10-14(13)20-2/h5,8-10H,3-4,6-7,16H2,1-2H3,(H,17,18). The zero-order valence-electron chi connectivity index (χ0n) is 12.0. The number of rotatable bonds is 7. The van der Waals surface area contributed by atoms with Gasteiger partial charge in [0.2, 0.25) is 0 Å². The molecule has 0 saturated heterocycles. The smallest absolute Gasteiger partial charge is 0.161 e. The highest BCUT2D eigenvalue weighted by molar-refractivity contribution is 5.94. The van der Waals surface area contributed by atoms with E-state index in [0.29, 0.717) is 5.75 Å². The van der Waals surface area contributed by atoms with Gasteiger partial charge in [-0.25, -0.2) is 4.98 Å². The first-order chi connectivity index (χ1) is 9.80. The summed E-state index contributed by atoms with van der Waals surface area (Å²) in [6.45, 7) is 1.58. The minimum atomic E-state index is 0.706. The number of ether oxygens (including phenoxy) is 2. The van der Waals surface area contributed by atoms with Crippen LogP contribution in [0.25, 0.3) is 10.8 Å². The van der Waals surface area contributed by atoms with Gasteiger partial charge in [-0.2, -0.15) is 0 Å². The molecule has 0 bridgehead atoms. The zero-order chi connectivity index (χ0) is 14.4. The highest BCUT2D eigenvalue weighted by Gasteiger charge is 2.09. The highest BCUT2D eigenvalue weighted by atomic mass is 16.5. The van der Waals surface area contributed by atoms with E-state index in [4.69, 9.17) is 15.2 Å². The molecule has 5 heteroatoms. The van der Waals surface area contributed by atoms with E-state index >= 15 is 0 Å². The molecule has 108 valence electrons. The summed E-state index contributed by atoms with van der Waals surface area (Å²) in [6, 6.07) is 5.87. The van der Waals surface area contributed by atoms with Gasteiger partial charge in [-0.15, -0.1) is 0 Å². The summed E-state index contributed by atoms with van der Waals surface area (Å²) in [7, 11) is 3.27. The van der Waals surface area contributed by atoms with Crippen LogP contribution in [0.4, 0.5) is 5.82 Å². The van der Waals surface area contributed by atoms with Crippen molar-refractivity contribution in [2.45, 2.75) is 12.8 Å². The first-order valence-electron chi connectivity index (χ1n) is 6.75. The lowest BCUT2D eigenvalue weighted by Crippen LogP contribution is -2.07. The lowest BCUT2D eigenvalue weighted by Gasteiger charge is -2.12. The van der Waals surface area contributed by atoms with E-state index in [1.807, 2.05) is 18.2 Å². The molecule has 1 aromatic heterocycles. The van der Waals surface area contributed by atoms with E-state index in [1.165, 1.54) is 0 Å². The molecule has 20 heavy (non-hydrogen) atoms. The molecule has 1 heterocycles. The van der Waals surface area contributed by atoms with Gasteiger partial charge in [-0.05, 0) is 43.0 Å². The molecule has 0 amide bonds. The van der Waals surface area contributed by atoms with Crippen LogP contribution in [0.2, 0.25) is 0 Å². The molecule has 0 spiro atoms. The number of hydrogen-bond acceptors (Lipinski definition) is 5. The third-order valence-electron chi connectivity index (χ3n) is 3.19. The number of methoxy groups -OCH3 is 2. The third kappa shape index (κ3) is 3.11. The summed E-state index contributed by atoms with van der Waals surface area (Å²) in [5.41, 5.74) is 5.49. The second-order valence-corrected chi connectivity index (χ2v) is 4.51. The predicted molar refractivity (Wildman–Crippen MR) is 81.6 cm³/mol. The summed E-state index contributed by atoms with van der Waals surface area (Å²) in [4.78, 5) is 4.40. The molecule has 0 unspecified atom stereocenters. The van der Waals surface area contributed by atoms with E-state index in [1.54, 1.807) is 20.4 Å². The summed E-state index contributed by atoms with van der Waals surface area (Å²) < 4.78 is 10.7. The molecule has 1 aromatic carbocycles. The van der Waals surface area contributed by atoms with Crippen LogP contribution in [0.1, 0.15) is 12.8 Å². The van der Waals surface area contributed by atoms with Gasteiger partial charge in [-0.1, -0.05) is 0 Å². The number of fused-ring (bicyclic) bond motifs is 1. The summed E-state index contributed by atoms with van der Waals surface area (Å²) in [6.07, 6.45) is 3.83. The van der Waals surface area contributed by atoms with E-state index in [9.17, 15) is 0 Å². The second kappa shape index (κ2) is 6.96. The van der Waals surface area contributed by atoms with Crippen molar-refractivity contribution in [3.8, 4) is 11.5 Å². The topological polar surface area (TPSA) is 69.4 Å². The van der Waals surface area contributed by atoms with Gasteiger partial charge in [-0.3, -0.25) is 0 Å². The average Bonchev–Trinajstić information content (AvgIpc) is 2.50. The molecular weight excluding hydrogens is 254 g/mol. The van der Waals surface area contributed by atoms with Gasteiger partial charge in [0.15, 0.2) is 11.5 Å². The Morgan fingerprint density at radius 1 is 1.15 bits per heavy atom. The maximum Gasteiger partial charge on any atom is 0.161 e. The maximum absolute atomic E-state index is 5.49. The van der Waals surface area contributed by atoms with Crippen molar-refractivity contribution in [2.24, 2.45) is 5.73 Å². The van der Waals surface area contributed by atoms with E-state index < -0.39 is 0 Å². The molecule has 0 aliphatic rings. The summed E-state index contributed by atoms with van der Waals surface area (Å²) in [5.74, 6) is 2.29. The van der Waals surface area contributed by atoms with Crippen molar-refractivity contribution in [3.05, 3.63) is 24.4 Å². The maximum atomic E-state index is 5.49. The fourth-order valence-electron chi connectivity index (χ4n) is 2.12. The quantitative estimate of drug-likeness (QED) is 0.759. The van der Waals surface area contributed by atoms with Gasteiger partial charge in [0.05, 0.1) is 14.2 Å². The third-order valence-corrected chi connectivity index (χ3v) is 3.19. The normalized spacial score (nSPS) is 10.6. The van der Waals surface area contributed by atoms with Crippen LogP contribution in [0, 0.1) is 0 Å². The van der Waals surface area contributed by atoms with Crippen LogP contribution in [0.5, 0.6) is 11.5 Å². The van der Waals surface area contributed by atoms with Gasteiger partial charge in [0.1, 0.15) is 5.82 Å². The average molecular weight is 275 g/mol. The molecule has 0 aliphatic heterocycles. The SMILES string of the molecule is COc1cc2ccnc(NCCCCN)c2cc1OC. The molecule has 2 aromatic rings. The molecular formula is C15H21N3O2. The van der Waals surface area contributed by atoms with Gasteiger partial charge in [0.25, 0.3) is 0 Å². The van der Waals surface area contributed by atoms with Crippen LogP contribution in [-0.4, -0.2) is 32.3 Å². The lowest BCUT2D eigenvalue weighted by molar-refractivity contribution is 0.356. The number of nitrogens with one attached hydrogen (secondary N) is 1. The van der Waals surface area contributed by atoms with E-state index in [0.717, 1.165) is 48.3 Å². The number of nitrogens with zero attached hydrogens (tertiary/aromatic N) is 1. The molecule has 0 aliphatic carbocycles.